The number of carbonyl (C=O) groups is 2. The molecule has 0 radical (unpaired) electrons. The fraction of sp³-hybridized carbons (Fsp3) is 0.185. The van der Waals surface area contributed by atoms with Gasteiger partial charge in [0.25, 0.3) is 5.91 Å². The van der Waals surface area contributed by atoms with Crippen LogP contribution in [0.25, 0.3) is 10.9 Å². The van der Waals surface area contributed by atoms with Crippen molar-refractivity contribution in [2.75, 3.05) is 13.7 Å². The summed E-state index contributed by atoms with van der Waals surface area (Å²) in [6.07, 6.45) is 0.302. The van der Waals surface area contributed by atoms with Crippen LogP contribution in [0.15, 0.2) is 72.8 Å². The molecule has 2 aliphatic heterocycles. The van der Waals surface area contributed by atoms with Gasteiger partial charge in [-0.1, -0.05) is 42.5 Å². The highest BCUT2D eigenvalue weighted by molar-refractivity contribution is 5.98. The number of rotatable bonds is 3. The zero-order chi connectivity index (χ0) is 22.5. The summed E-state index contributed by atoms with van der Waals surface area (Å²) in [5.74, 6) is 0.274. The van der Waals surface area contributed by atoms with Crippen molar-refractivity contribution in [3.63, 3.8) is 0 Å². The number of esters is 1. The van der Waals surface area contributed by atoms with Crippen LogP contribution in [-0.2, 0) is 17.7 Å². The minimum Gasteiger partial charge on any atom is -0.465 e. The molecule has 0 saturated heterocycles. The van der Waals surface area contributed by atoms with Crippen LogP contribution in [0.4, 0.5) is 0 Å². The van der Waals surface area contributed by atoms with Crippen molar-refractivity contribution in [1.29, 1.82) is 0 Å². The highest BCUT2D eigenvalue weighted by atomic mass is 16.5. The van der Waals surface area contributed by atoms with Gasteiger partial charge in [0.1, 0.15) is 5.75 Å². The zero-order valence-electron chi connectivity index (χ0n) is 18.2. The lowest BCUT2D eigenvalue weighted by atomic mass is 9.99. The molecule has 0 aliphatic carbocycles. The maximum Gasteiger partial charge on any atom is 0.337 e. The number of nitrogens with zero attached hydrogens (tertiary/aromatic N) is 2. The number of carbonyl (C=O) groups excluding carboxylic acids is 2. The Labute approximate surface area is 190 Å². The molecule has 3 heterocycles. The van der Waals surface area contributed by atoms with E-state index < -0.39 is 6.23 Å². The lowest BCUT2D eigenvalue weighted by molar-refractivity contribution is 0.000233. The Bertz CT molecular complexity index is 1400. The predicted octanol–water partition coefficient (Wildman–Crippen LogP) is 4.57. The summed E-state index contributed by atoms with van der Waals surface area (Å²) in [5, 5.41) is 1.19. The van der Waals surface area contributed by atoms with Gasteiger partial charge in [-0.2, -0.15) is 0 Å². The molecule has 6 nitrogen and oxygen atoms in total. The number of fused-ring (bicyclic) bond motifs is 6. The molecule has 4 aromatic rings. The van der Waals surface area contributed by atoms with Crippen LogP contribution in [-0.4, -0.2) is 35.0 Å². The topological polar surface area (TPSA) is 60.8 Å². The summed E-state index contributed by atoms with van der Waals surface area (Å²) in [6, 6.07) is 23.2. The van der Waals surface area contributed by atoms with Crippen molar-refractivity contribution < 1.29 is 19.1 Å². The van der Waals surface area contributed by atoms with E-state index in [2.05, 4.69) is 16.7 Å². The molecule has 0 N–H and O–H groups in total. The van der Waals surface area contributed by atoms with Crippen LogP contribution in [0.2, 0.25) is 0 Å². The van der Waals surface area contributed by atoms with Crippen LogP contribution >= 0.6 is 0 Å². The molecule has 164 valence electrons. The Kier molecular flexibility index (Phi) is 4.47. The first-order valence-electron chi connectivity index (χ1n) is 11.0. The first-order chi connectivity index (χ1) is 16.2. The molecule has 6 heteroatoms. The highest BCUT2D eigenvalue weighted by Gasteiger charge is 2.41. The van der Waals surface area contributed by atoms with Gasteiger partial charge in [0.2, 0.25) is 6.23 Å². The number of hydrogen-bond acceptors (Lipinski definition) is 4. The lowest BCUT2D eigenvalue weighted by Gasteiger charge is -2.40. The van der Waals surface area contributed by atoms with E-state index in [-0.39, 0.29) is 11.9 Å². The molecule has 0 spiro atoms. The van der Waals surface area contributed by atoms with E-state index in [9.17, 15) is 9.59 Å². The summed E-state index contributed by atoms with van der Waals surface area (Å²) >= 11 is 0. The monoisotopic (exact) mass is 438 g/mol. The second-order valence-corrected chi connectivity index (χ2v) is 8.37. The average Bonchev–Trinajstić information content (AvgIpc) is 3.18. The van der Waals surface area contributed by atoms with Crippen LogP contribution in [0.5, 0.6) is 5.75 Å². The number of ether oxygens (including phenoxy) is 2. The number of aromatic nitrogens is 1. The van der Waals surface area contributed by atoms with E-state index in [0.29, 0.717) is 30.0 Å². The summed E-state index contributed by atoms with van der Waals surface area (Å²) in [4.78, 5) is 26.9. The van der Waals surface area contributed by atoms with Crippen molar-refractivity contribution in [3.8, 4) is 5.75 Å². The molecule has 33 heavy (non-hydrogen) atoms. The molecule has 0 fully saturated rings. The van der Waals surface area contributed by atoms with Gasteiger partial charge in [0.15, 0.2) is 0 Å². The second-order valence-electron chi connectivity index (χ2n) is 8.37. The van der Waals surface area contributed by atoms with E-state index in [1.54, 1.807) is 12.1 Å². The van der Waals surface area contributed by atoms with Gasteiger partial charge < -0.3 is 14.0 Å². The minimum absolute atomic E-state index is 0.00624. The third-order valence-corrected chi connectivity index (χ3v) is 6.57. The molecule has 3 aromatic carbocycles. The molecule has 1 unspecified atom stereocenters. The Balaban J connectivity index is 1.47. The smallest absolute Gasteiger partial charge is 0.337 e. The maximum absolute atomic E-state index is 13.3. The van der Waals surface area contributed by atoms with Gasteiger partial charge in [-0.25, -0.2) is 4.79 Å². The van der Waals surface area contributed by atoms with Gasteiger partial charge in [0, 0.05) is 24.0 Å². The summed E-state index contributed by atoms with van der Waals surface area (Å²) in [6.45, 7) is 1.22. The third-order valence-electron chi connectivity index (χ3n) is 6.57. The summed E-state index contributed by atoms with van der Waals surface area (Å²) in [5.41, 5.74) is 5.53. The molecule has 1 amide bonds. The Morgan fingerprint density at radius 2 is 1.79 bits per heavy atom. The van der Waals surface area contributed by atoms with Crippen molar-refractivity contribution >= 4 is 22.8 Å². The molecule has 1 aromatic heterocycles. The van der Waals surface area contributed by atoms with E-state index in [1.807, 2.05) is 53.4 Å². The number of hydrogen-bond donors (Lipinski definition) is 0. The van der Waals surface area contributed by atoms with Crippen LogP contribution in [0.3, 0.4) is 0 Å². The lowest BCUT2D eigenvalue weighted by Crippen LogP contribution is -2.46. The predicted molar refractivity (Wildman–Crippen MR) is 123 cm³/mol. The molecule has 0 saturated carbocycles. The number of para-hydroxylation sites is 2. The third kappa shape index (κ3) is 3.02. The van der Waals surface area contributed by atoms with E-state index >= 15 is 0 Å². The maximum atomic E-state index is 13.3. The van der Waals surface area contributed by atoms with Crippen LogP contribution < -0.4 is 4.74 Å². The van der Waals surface area contributed by atoms with Gasteiger partial charge in [0.05, 0.1) is 23.9 Å². The molecule has 6 rings (SSSR count). The van der Waals surface area contributed by atoms with Gasteiger partial charge in [-0.15, -0.1) is 0 Å². The number of benzene rings is 3. The van der Waals surface area contributed by atoms with Gasteiger partial charge in [-0.3, -0.25) is 9.69 Å². The Morgan fingerprint density at radius 3 is 2.61 bits per heavy atom. The van der Waals surface area contributed by atoms with Crippen molar-refractivity contribution in [3.05, 3.63) is 101 Å². The molecule has 2 aliphatic rings. The van der Waals surface area contributed by atoms with Crippen LogP contribution in [0.1, 0.15) is 43.8 Å². The van der Waals surface area contributed by atoms with Crippen LogP contribution in [0, 0.1) is 0 Å². The van der Waals surface area contributed by atoms with E-state index in [4.69, 9.17) is 9.47 Å². The fourth-order valence-electron chi connectivity index (χ4n) is 5.00. The fourth-order valence-corrected chi connectivity index (χ4v) is 5.00. The first-order valence-corrected chi connectivity index (χ1v) is 11.0. The van der Waals surface area contributed by atoms with Crippen molar-refractivity contribution in [2.24, 2.45) is 0 Å². The molecular weight excluding hydrogens is 416 g/mol. The minimum atomic E-state index is -0.474. The summed E-state index contributed by atoms with van der Waals surface area (Å²) in [7, 11) is 1.38. The normalized spacial score (nSPS) is 16.6. The molecular formula is C27H22N2O4. The van der Waals surface area contributed by atoms with Gasteiger partial charge >= 0.3 is 5.97 Å². The Hall–Kier alpha value is -4.06. The van der Waals surface area contributed by atoms with Crippen molar-refractivity contribution in [1.82, 2.24) is 9.47 Å². The quantitative estimate of drug-likeness (QED) is 0.440. The van der Waals surface area contributed by atoms with Crippen molar-refractivity contribution in [2.45, 2.75) is 19.2 Å². The summed E-state index contributed by atoms with van der Waals surface area (Å²) < 4.78 is 13.5. The number of amides is 1. The average molecular weight is 438 g/mol. The van der Waals surface area contributed by atoms with E-state index in [1.165, 1.54) is 18.1 Å². The Morgan fingerprint density at radius 1 is 1.03 bits per heavy atom. The standard InChI is InChI=1S/C27H22N2O4/c1-32-27(31)18-12-10-17(11-13-18)16-29-22-8-4-2-6-19(22)20-14-15-28-25(30)21-7-3-5-9-23(21)33-26(28)24(20)29/h2-13,26H,14-16H2,1H3. The first kappa shape index (κ1) is 19.6. The second kappa shape index (κ2) is 7.52. The van der Waals surface area contributed by atoms with E-state index in [0.717, 1.165) is 23.2 Å². The number of methoxy groups -OCH3 is 1. The SMILES string of the molecule is COC(=O)c1ccc(Cn2c3c(c4ccccc42)CCN2C(=O)c4ccccc4OC32)cc1. The largest absolute Gasteiger partial charge is 0.465 e. The highest BCUT2D eigenvalue weighted by Crippen LogP contribution is 2.42. The zero-order valence-corrected chi connectivity index (χ0v) is 18.2. The van der Waals surface area contributed by atoms with Gasteiger partial charge in [-0.05, 0) is 47.9 Å². The molecule has 0 bridgehead atoms. The molecule has 1 atom stereocenters.